The molecule has 0 bridgehead atoms. The maximum absolute atomic E-state index is 12.7. The molecule has 9 heteroatoms. The van der Waals surface area contributed by atoms with Crippen LogP contribution in [0.1, 0.15) is 32.0 Å². The highest BCUT2D eigenvalue weighted by Gasteiger charge is 2.19. The van der Waals surface area contributed by atoms with Crippen molar-refractivity contribution in [3.8, 4) is 0 Å². The number of nitrogens with two attached hydrogens (primary N) is 2. The molecule has 0 saturated carbocycles. The number of halogens is 3. The second kappa shape index (κ2) is 7.60. The summed E-state index contributed by atoms with van der Waals surface area (Å²) in [5, 5.41) is 0.921. The molecule has 0 aliphatic rings. The SMILES string of the molecule is NC(=O)c1ncn(Cc2cc(Cl)c(C(=O)c3ccc(Cl)cc3)c(Cl)c2)c1N. The number of aromatic nitrogens is 2. The maximum Gasteiger partial charge on any atom is 0.271 e. The van der Waals surface area contributed by atoms with Gasteiger partial charge in [-0.25, -0.2) is 4.98 Å². The van der Waals surface area contributed by atoms with Crippen LogP contribution in [0.3, 0.4) is 0 Å². The maximum atomic E-state index is 12.7. The summed E-state index contributed by atoms with van der Waals surface area (Å²) in [6.45, 7) is 0.251. The van der Waals surface area contributed by atoms with Gasteiger partial charge in [0.1, 0.15) is 5.82 Å². The third-order valence-electron chi connectivity index (χ3n) is 3.90. The summed E-state index contributed by atoms with van der Waals surface area (Å²) in [5.74, 6) is -0.895. The predicted octanol–water partition coefficient (Wildman–Crippen LogP) is 3.80. The van der Waals surface area contributed by atoms with Crippen molar-refractivity contribution in [2.75, 3.05) is 5.73 Å². The van der Waals surface area contributed by atoms with Crippen molar-refractivity contribution in [2.24, 2.45) is 5.73 Å². The van der Waals surface area contributed by atoms with Gasteiger partial charge in [-0.05, 0) is 42.0 Å². The average Bonchev–Trinajstić information content (AvgIpc) is 2.95. The van der Waals surface area contributed by atoms with E-state index in [-0.39, 0.29) is 39.4 Å². The van der Waals surface area contributed by atoms with E-state index in [0.717, 1.165) is 0 Å². The van der Waals surface area contributed by atoms with Crippen LogP contribution < -0.4 is 11.5 Å². The molecule has 2 aromatic carbocycles. The van der Waals surface area contributed by atoms with E-state index in [1.165, 1.54) is 10.9 Å². The second-order valence-corrected chi connectivity index (χ2v) is 6.99. The van der Waals surface area contributed by atoms with Crippen LogP contribution in [0.25, 0.3) is 0 Å². The number of nitrogens with zero attached hydrogens (tertiary/aromatic N) is 2. The predicted molar refractivity (Wildman–Crippen MR) is 106 cm³/mol. The number of primary amides is 1. The second-order valence-electron chi connectivity index (χ2n) is 5.74. The number of rotatable bonds is 5. The Labute approximate surface area is 169 Å². The number of nitrogen functional groups attached to an aromatic ring is 1. The summed E-state index contributed by atoms with van der Waals surface area (Å²) in [7, 11) is 0. The third kappa shape index (κ3) is 3.93. The summed E-state index contributed by atoms with van der Waals surface area (Å²) < 4.78 is 1.53. The van der Waals surface area contributed by atoms with Crippen LogP contribution in [0, 0.1) is 0 Å². The van der Waals surface area contributed by atoms with Crippen molar-refractivity contribution in [3.63, 3.8) is 0 Å². The van der Waals surface area contributed by atoms with Gasteiger partial charge in [-0.1, -0.05) is 34.8 Å². The van der Waals surface area contributed by atoms with Crippen LogP contribution in [-0.4, -0.2) is 21.2 Å². The van der Waals surface area contributed by atoms with E-state index in [0.29, 0.717) is 16.1 Å². The Bertz CT molecular complexity index is 1020. The van der Waals surface area contributed by atoms with E-state index < -0.39 is 5.91 Å². The van der Waals surface area contributed by atoms with Gasteiger partial charge >= 0.3 is 0 Å². The zero-order valence-electron chi connectivity index (χ0n) is 13.7. The quantitative estimate of drug-likeness (QED) is 0.609. The van der Waals surface area contributed by atoms with Crippen LogP contribution in [0.4, 0.5) is 5.82 Å². The summed E-state index contributed by atoms with van der Waals surface area (Å²) in [4.78, 5) is 27.8. The van der Waals surface area contributed by atoms with Crippen molar-refractivity contribution < 1.29 is 9.59 Å². The molecule has 1 heterocycles. The lowest BCUT2D eigenvalue weighted by Crippen LogP contribution is -2.15. The lowest BCUT2D eigenvalue weighted by Gasteiger charge is -2.11. The molecule has 0 aliphatic carbocycles. The van der Waals surface area contributed by atoms with Crippen molar-refractivity contribution in [1.82, 2.24) is 9.55 Å². The van der Waals surface area contributed by atoms with Crippen LogP contribution in [-0.2, 0) is 6.54 Å². The Morgan fingerprint density at radius 3 is 2.15 bits per heavy atom. The first-order chi connectivity index (χ1) is 12.8. The molecule has 3 rings (SSSR count). The molecule has 1 amide bonds. The standard InChI is InChI=1S/C18H13Cl3N4O2/c19-11-3-1-10(2-4-11)16(26)14-12(20)5-9(6-13(14)21)7-25-8-24-15(17(25)22)18(23)27/h1-6,8H,7,22H2,(H2,23,27). The number of amides is 1. The van der Waals surface area contributed by atoms with Crippen LogP contribution in [0.5, 0.6) is 0 Å². The molecular weight excluding hydrogens is 411 g/mol. The zero-order valence-corrected chi connectivity index (χ0v) is 16.0. The van der Waals surface area contributed by atoms with Gasteiger partial charge in [-0.2, -0.15) is 0 Å². The molecule has 0 spiro atoms. The van der Waals surface area contributed by atoms with E-state index in [4.69, 9.17) is 46.3 Å². The van der Waals surface area contributed by atoms with Gasteiger partial charge in [0.05, 0.1) is 28.5 Å². The molecule has 0 atom stereocenters. The van der Waals surface area contributed by atoms with E-state index in [9.17, 15) is 9.59 Å². The highest BCUT2D eigenvalue weighted by Crippen LogP contribution is 2.30. The van der Waals surface area contributed by atoms with Gasteiger partial charge < -0.3 is 16.0 Å². The molecule has 0 unspecified atom stereocenters. The topological polar surface area (TPSA) is 104 Å². The number of anilines is 1. The Balaban J connectivity index is 1.92. The van der Waals surface area contributed by atoms with Gasteiger partial charge in [0.2, 0.25) is 0 Å². The fraction of sp³-hybridized carbons (Fsp3) is 0.0556. The van der Waals surface area contributed by atoms with E-state index in [2.05, 4.69) is 4.98 Å². The number of carbonyl (C=O) groups excluding carboxylic acids is 2. The number of benzene rings is 2. The summed E-state index contributed by atoms with van der Waals surface area (Å²) in [5.41, 5.74) is 12.3. The van der Waals surface area contributed by atoms with Crippen molar-refractivity contribution in [1.29, 1.82) is 0 Å². The van der Waals surface area contributed by atoms with Gasteiger partial charge in [-0.15, -0.1) is 0 Å². The number of ketones is 1. The highest BCUT2D eigenvalue weighted by molar-refractivity contribution is 6.41. The molecule has 27 heavy (non-hydrogen) atoms. The fourth-order valence-corrected chi connectivity index (χ4v) is 3.41. The van der Waals surface area contributed by atoms with Crippen molar-refractivity contribution >= 4 is 52.3 Å². The minimum atomic E-state index is -0.716. The minimum absolute atomic E-state index is 0.0123. The molecule has 6 nitrogen and oxygen atoms in total. The number of hydrogen-bond acceptors (Lipinski definition) is 4. The first kappa shape index (κ1) is 19.2. The molecule has 0 saturated heterocycles. The monoisotopic (exact) mass is 422 g/mol. The van der Waals surface area contributed by atoms with Gasteiger partial charge in [0, 0.05) is 10.6 Å². The first-order valence-corrected chi connectivity index (χ1v) is 8.80. The highest BCUT2D eigenvalue weighted by atomic mass is 35.5. The molecule has 4 N–H and O–H groups in total. The van der Waals surface area contributed by atoms with Crippen molar-refractivity contribution in [3.05, 3.63) is 80.2 Å². The molecular formula is C18H13Cl3N4O2. The molecule has 0 aliphatic heterocycles. The Morgan fingerprint density at radius 2 is 1.63 bits per heavy atom. The zero-order chi connectivity index (χ0) is 19.7. The van der Waals surface area contributed by atoms with Crippen LogP contribution in [0.2, 0.25) is 15.1 Å². The number of carbonyl (C=O) groups is 2. The minimum Gasteiger partial charge on any atom is -0.383 e. The Kier molecular flexibility index (Phi) is 5.41. The number of hydrogen-bond donors (Lipinski definition) is 2. The molecule has 0 radical (unpaired) electrons. The van der Waals surface area contributed by atoms with E-state index in [1.807, 2.05) is 0 Å². The summed E-state index contributed by atoms with van der Waals surface area (Å²) >= 11 is 18.5. The summed E-state index contributed by atoms with van der Waals surface area (Å²) in [6, 6.07) is 9.65. The van der Waals surface area contributed by atoms with Gasteiger partial charge in [-0.3, -0.25) is 9.59 Å². The Hall–Kier alpha value is -2.54. The lowest BCUT2D eigenvalue weighted by atomic mass is 10.0. The molecule has 138 valence electrons. The molecule has 0 fully saturated rings. The summed E-state index contributed by atoms with van der Waals surface area (Å²) in [6.07, 6.45) is 1.39. The third-order valence-corrected chi connectivity index (χ3v) is 4.75. The molecule has 1 aromatic heterocycles. The first-order valence-electron chi connectivity index (χ1n) is 7.66. The molecule has 3 aromatic rings. The van der Waals surface area contributed by atoms with Gasteiger partial charge in [0.15, 0.2) is 11.5 Å². The Morgan fingerprint density at radius 1 is 1.04 bits per heavy atom. The van der Waals surface area contributed by atoms with Crippen LogP contribution in [0.15, 0.2) is 42.7 Å². The van der Waals surface area contributed by atoms with E-state index in [1.54, 1.807) is 36.4 Å². The number of imidazole rings is 1. The van der Waals surface area contributed by atoms with E-state index >= 15 is 0 Å². The lowest BCUT2D eigenvalue weighted by molar-refractivity contribution is 0.0995. The smallest absolute Gasteiger partial charge is 0.271 e. The average molecular weight is 424 g/mol. The van der Waals surface area contributed by atoms with Gasteiger partial charge in [0.25, 0.3) is 5.91 Å². The van der Waals surface area contributed by atoms with Crippen LogP contribution >= 0.6 is 34.8 Å². The fourth-order valence-electron chi connectivity index (χ4n) is 2.58. The normalized spacial score (nSPS) is 10.8. The van der Waals surface area contributed by atoms with Crippen molar-refractivity contribution in [2.45, 2.75) is 6.54 Å². The largest absolute Gasteiger partial charge is 0.383 e.